The van der Waals surface area contributed by atoms with Crippen molar-refractivity contribution in [3.8, 4) is 0 Å². The molecule has 102 valence electrons. The van der Waals surface area contributed by atoms with Crippen LogP contribution < -0.4 is 0 Å². The Morgan fingerprint density at radius 3 is 2.74 bits per heavy atom. The normalized spacial score (nSPS) is 23.2. The molecule has 0 saturated carbocycles. The Morgan fingerprint density at radius 1 is 1.37 bits per heavy atom. The van der Waals surface area contributed by atoms with E-state index >= 15 is 0 Å². The Hall–Kier alpha value is -1.84. The number of aliphatic carboxylic acids is 1. The third kappa shape index (κ3) is 2.78. The second-order valence-electron chi connectivity index (χ2n) is 5.57. The number of amides is 1. The lowest BCUT2D eigenvalue weighted by molar-refractivity contribution is -0.150. The van der Waals surface area contributed by atoms with Gasteiger partial charge in [-0.1, -0.05) is 17.7 Å². The lowest BCUT2D eigenvalue weighted by Crippen LogP contribution is -2.48. The number of benzene rings is 1. The average Bonchev–Trinajstić information content (AvgIpc) is 2.38. The summed E-state index contributed by atoms with van der Waals surface area (Å²) in [7, 11) is 0. The molecule has 1 heterocycles. The van der Waals surface area contributed by atoms with Crippen molar-refractivity contribution in [2.45, 2.75) is 26.7 Å². The van der Waals surface area contributed by atoms with Gasteiger partial charge in [-0.25, -0.2) is 0 Å². The van der Waals surface area contributed by atoms with Gasteiger partial charge in [0.15, 0.2) is 0 Å². The van der Waals surface area contributed by atoms with Crippen LogP contribution in [-0.2, 0) is 4.79 Å². The molecule has 1 aliphatic heterocycles. The molecule has 1 fully saturated rings. The van der Waals surface area contributed by atoms with Gasteiger partial charge in [0.25, 0.3) is 5.91 Å². The number of aryl methyl sites for hydroxylation is 1. The van der Waals surface area contributed by atoms with Crippen molar-refractivity contribution < 1.29 is 14.7 Å². The third-order valence-electron chi connectivity index (χ3n) is 3.76. The molecule has 0 bridgehead atoms. The van der Waals surface area contributed by atoms with Gasteiger partial charge in [0, 0.05) is 18.7 Å². The summed E-state index contributed by atoms with van der Waals surface area (Å²) >= 11 is 0. The first-order chi connectivity index (χ1) is 8.92. The van der Waals surface area contributed by atoms with Crippen LogP contribution in [0.5, 0.6) is 0 Å². The number of piperidine rings is 1. The highest BCUT2D eigenvalue weighted by molar-refractivity contribution is 5.94. The van der Waals surface area contributed by atoms with E-state index < -0.39 is 11.4 Å². The van der Waals surface area contributed by atoms with Crippen LogP contribution in [0.4, 0.5) is 0 Å². The van der Waals surface area contributed by atoms with Crippen LogP contribution in [0, 0.1) is 12.3 Å². The minimum absolute atomic E-state index is 0.0733. The van der Waals surface area contributed by atoms with Crippen LogP contribution in [0.1, 0.15) is 35.7 Å². The molecule has 2 rings (SSSR count). The molecule has 1 atom stereocenters. The highest BCUT2D eigenvalue weighted by Gasteiger charge is 2.39. The molecule has 0 radical (unpaired) electrons. The first kappa shape index (κ1) is 13.6. The van der Waals surface area contributed by atoms with Crippen molar-refractivity contribution in [2.75, 3.05) is 13.1 Å². The van der Waals surface area contributed by atoms with Crippen molar-refractivity contribution in [2.24, 2.45) is 5.41 Å². The Labute approximate surface area is 113 Å². The monoisotopic (exact) mass is 261 g/mol. The number of carboxylic acid groups (broad SMARTS) is 1. The van der Waals surface area contributed by atoms with E-state index in [0.29, 0.717) is 18.5 Å². The van der Waals surface area contributed by atoms with E-state index in [9.17, 15) is 14.7 Å². The average molecular weight is 261 g/mol. The fraction of sp³-hybridized carbons (Fsp3) is 0.467. The van der Waals surface area contributed by atoms with Gasteiger partial charge in [0.05, 0.1) is 5.41 Å². The van der Waals surface area contributed by atoms with Crippen molar-refractivity contribution in [1.29, 1.82) is 0 Å². The fourth-order valence-corrected chi connectivity index (χ4v) is 2.55. The van der Waals surface area contributed by atoms with Crippen molar-refractivity contribution in [3.63, 3.8) is 0 Å². The Morgan fingerprint density at radius 2 is 2.11 bits per heavy atom. The van der Waals surface area contributed by atoms with E-state index in [1.165, 1.54) is 0 Å². The van der Waals surface area contributed by atoms with E-state index in [1.807, 2.05) is 25.1 Å². The molecule has 1 unspecified atom stereocenters. The zero-order valence-corrected chi connectivity index (χ0v) is 11.3. The fourth-order valence-electron chi connectivity index (χ4n) is 2.55. The van der Waals surface area contributed by atoms with Crippen LogP contribution in [-0.4, -0.2) is 35.0 Å². The first-order valence-corrected chi connectivity index (χ1v) is 6.52. The smallest absolute Gasteiger partial charge is 0.311 e. The highest BCUT2D eigenvalue weighted by atomic mass is 16.4. The molecule has 19 heavy (non-hydrogen) atoms. The molecule has 0 aliphatic carbocycles. The Bertz CT molecular complexity index is 512. The van der Waals surface area contributed by atoms with Crippen LogP contribution in [0.2, 0.25) is 0 Å². The summed E-state index contributed by atoms with van der Waals surface area (Å²) in [5.74, 6) is -0.898. The van der Waals surface area contributed by atoms with Crippen LogP contribution in [0.25, 0.3) is 0 Å². The molecule has 4 heteroatoms. The number of likely N-dealkylation sites (tertiary alicyclic amines) is 1. The first-order valence-electron chi connectivity index (χ1n) is 6.52. The van der Waals surface area contributed by atoms with E-state index in [1.54, 1.807) is 17.9 Å². The second-order valence-corrected chi connectivity index (χ2v) is 5.57. The minimum Gasteiger partial charge on any atom is -0.481 e. The maximum absolute atomic E-state index is 12.4. The lowest BCUT2D eigenvalue weighted by Gasteiger charge is -2.37. The van der Waals surface area contributed by atoms with Crippen molar-refractivity contribution in [1.82, 2.24) is 4.90 Å². The molecular formula is C15H19NO3. The maximum Gasteiger partial charge on any atom is 0.311 e. The van der Waals surface area contributed by atoms with E-state index in [4.69, 9.17) is 0 Å². The van der Waals surface area contributed by atoms with E-state index in [-0.39, 0.29) is 12.5 Å². The number of carboxylic acids is 1. The van der Waals surface area contributed by atoms with Gasteiger partial charge >= 0.3 is 5.97 Å². The largest absolute Gasteiger partial charge is 0.481 e. The summed E-state index contributed by atoms with van der Waals surface area (Å²) in [4.78, 5) is 25.4. The number of carbonyl (C=O) groups excluding carboxylic acids is 1. The van der Waals surface area contributed by atoms with Crippen molar-refractivity contribution in [3.05, 3.63) is 35.4 Å². The number of carbonyl (C=O) groups is 2. The standard InChI is InChI=1S/C15H19NO3/c1-11-5-3-6-12(9-11)13(17)16-8-4-7-15(2,10-16)14(18)19/h3,5-6,9H,4,7-8,10H2,1-2H3,(H,18,19). The summed E-state index contributed by atoms with van der Waals surface area (Å²) in [6, 6.07) is 7.41. The van der Waals surface area contributed by atoms with Gasteiger partial charge in [0.1, 0.15) is 0 Å². The molecule has 1 aromatic carbocycles. The van der Waals surface area contributed by atoms with Crippen LogP contribution >= 0.6 is 0 Å². The number of hydrogen-bond acceptors (Lipinski definition) is 2. The van der Waals surface area contributed by atoms with Gasteiger partial charge in [-0.3, -0.25) is 9.59 Å². The Balaban J connectivity index is 2.18. The predicted molar refractivity (Wildman–Crippen MR) is 72.1 cm³/mol. The second kappa shape index (κ2) is 5.03. The summed E-state index contributed by atoms with van der Waals surface area (Å²) < 4.78 is 0. The van der Waals surface area contributed by atoms with Gasteiger partial charge in [-0.05, 0) is 38.8 Å². The number of rotatable bonds is 2. The highest BCUT2D eigenvalue weighted by Crippen LogP contribution is 2.30. The van der Waals surface area contributed by atoms with Crippen molar-refractivity contribution >= 4 is 11.9 Å². The molecule has 0 spiro atoms. The quantitative estimate of drug-likeness (QED) is 0.888. The zero-order chi connectivity index (χ0) is 14.0. The number of nitrogens with zero attached hydrogens (tertiary/aromatic N) is 1. The molecule has 1 aromatic rings. The molecular weight excluding hydrogens is 242 g/mol. The Kier molecular flexibility index (Phi) is 3.60. The van der Waals surface area contributed by atoms with E-state index in [0.717, 1.165) is 12.0 Å². The lowest BCUT2D eigenvalue weighted by atomic mass is 9.82. The van der Waals surface area contributed by atoms with Gasteiger partial charge in [-0.15, -0.1) is 0 Å². The maximum atomic E-state index is 12.4. The summed E-state index contributed by atoms with van der Waals surface area (Å²) in [6.45, 7) is 4.57. The molecule has 1 amide bonds. The summed E-state index contributed by atoms with van der Waals surface area (Å²) in [6.07, 6.45) is 1.36. The van der Waals surface area contributed by atoms with E-state index in [2.05, 4.69) is 0 Å². The SMILES string of the molecule is Cc1cccc(C(=O)N2CCCC(C)(C(=O)O)C2)c1. The van der Waals surface area contributed by atoms with Gasteiger partial charge < -0.3 is 10.0 Å². The van der Waals surface area contributed by atoms with Crippen LogP contribution in [0.3, 0.4) is 0 Å². The predicted octanol–water partition coefficient (Wildman–Crippen LogP) is 2.32. The summed E-state index contributed by atoms with van der Waals surface area (Å²) in [5.41, 5.74) is 0.844. The summed E-state index contributed by atoms with van der Waals surface area (Å²) in [5, 5.41) is 9.27. The minimum atomic E-state index is -0.825. The van der Waals surface area contributed by atoms with Gasteiger partial charge in [-0.2, -0.15) is 0 Å². The molecule has 4 nitrogen and oxygen atoms in total. The van der Waals surface area contributed by atoms with Crippen LogP contribution in [0.15, 0.2) is 24.3 Å². The molecule has 1 aliphatic rings. The molecule has 1 N–H and O–H groups in total. The third-order valence-corrected chi connectivity index (χ3v) is 3.76. The topological polar surface area (TPSA) is 57.6 Å². The number of hydrogen-bond donors (Lipinski definition) is 1. The zero-order valence-electron chi connectivity index (χ0n) is 11.3. The molecule has 0 aromatic heterocycles. The van der Waals surface area contributed by atoms with Gasteiger partial charge in [0.2, 0.25) is 0 Å². The molecule has 1 saturated heterocycles.